The molecule has 0 spiro atoms. The summed E-state index contributed by atoms with van der Waals surface area (Å²) in [7, 11) is 0. The van der Waals surface area contributed by atoms with E-state index in [9.17, 15) is 9.59 Å². The van der Waals surface area contributed by atoms with Crippen molar-refractivity contribution in [3.63, 3.8) is 0 Å². The number of aryl methyl sites for hydroxylation is 1. The van der Waals surface area contributed by atoms with Crippen molar-refractivity contribution in [2.24, 2.45) is 0 Å². The monoisotopic (exact) mass is 342 g/mol. The number of anilines is 1. The Labute approximate surface area is 148 Å². The van der Waals surface area contributed by atoms with Crippen LogP contribution in [0.1, 0.15) is 33.1 Å². The Morgan fingerprint density at radius 3 is 2.48 bits per heavy atom. The lowest BCUT2D eigenvalue weighted by Gasteiger charge is -2.35. The summed E-state index contributed by atoms with van der Waals surface area (Å²) in [6.07, 6.45) is 2.36. The van der Waals surface area contributed by atoms with Gasteiger partial charge in [0.25, 0.3) is 5.56 Å². The van der Waals surface area contributed by atoms with Gasteiger partial charge in [-0.05, 0) is 25.0 Å². The molecular formula is C19H26N4O2. The number of rotatable bonds is 5. The molecule has 0 unspecified atom stereocenters. The highest BCUT2D eigenvalue weighted by Gasteiger charge is 2.24. The van der Waals surface area contributed by atoms with E-state index in [-0.39, 0.29) is 11.5 Å². The standard InChI is InChI=1S/C19H26N4O2/c1-3-7-17(24)21-11-13-22(14-12-21)18-19(25)23(10-4-2)16-9-6-5-8-15(16)20-18/h5-6,8-9H,3-4,7,10-14H2,1-2H3. The number of para-hydroxylation sites is 2. The van der Waals surface area contributed by atoms with E-state index in [1.807, 2.05) is 45.6 Å². The number of aromatic nitrogens is 2. The number of benzene rings is 1. The van der Waals surface area contributed by atoms with Gasteiger partial charge in [-0.25, -0.2) is 4.98 Å². The second-order valence-corrected chi connectivity index (χ2v) is 6.50. The molecule has 2 heterocycles. The summed E-state index contributed by atoms with van der Waals surface area (Å²) < 4.78 is 1.83. The molecule has 1 aromatic heterocycles. The summed E-state index contributed by atoms with van der Waals surface area (Å²) in [6, 6.07) is 7.78. The minimum atomic E-state index is -0.0334. The van der Waals surface area contributed by atoms with Crippen LogP contribution in [0, 0.1) is 0 Å². The lowest BCUT2D eigenvalue weighted by molar-refractivity contribution is -0.131. The van der Waals surface area contributed by atoms with Crippen LogP contribution in [-0.4, -0.2) is 46.5 Å². The maximum atomic E-state index is 13.0. The molecular weight excluding hydrogens is 316 g/mol. The number of carbonyl (C=O) groups is 1. The predicted molar refractivity (Wildman–Crippen MR) is 100.0 cm³/mol. The number of amides is 1. The highest BCUT2D eigenvalue weighted by atomic mass is 16.2. The van der Waals surface area contributed by atoms with Crippen LogP contribution in [-0.2, 0) is 11.3 Å². The van der Waals surface area contributed by atoms with Crippen LogP contribution in [0.5, 0.6) is 0 Å². The number of nitrogens with zero attached hydrogens (tertiary/aromatic N) is 4. The molecule has 1 aliphatic rings. The van der Waals surface area contributed by atoms with Gasteiger partial charge < -0.3 is 14.4 Å². The molecule has 6 nitrogen and oxygen atoms in total. The molecule has 0 saturated carbocycles. The van der Waals surface area contributed by atoms with Crippen LogP contribution in [0.2, 0.25) is 0 Å². The smallest absolute Gasteiger partial charge is 0.294 e. The molecule has 1 fully saturated rings. The zero-order valence-electron chi connectivity index (χ0n) is 15.1. The maximum Gasteiger partial charge on any atom is 0.294 e. The van der Waals surface area contributed by atoms with Crippen LogP contribution in [0.15, 0.2) is 29.1 Å². The first-order valence-corrected chi connectivity index (χ1v) is 9.18. The van der Waals surface area contributed by atoms with Crippen molar-refractivity contribution in [2.75, 3.05) is 31.1 Å². The molecule has 2 aromatic rings. The fourth-order valence-corrected chi connectivity index (χ4v) is 3.37. The summed E-state index contributed by atoms with van der Waals surface area (Å²) in [5.41, 5.74) is 1.69. The van der Waals surface area contributed by atoms with E-state index in [4.69, 9.17) is 0 Å². The molecule has 1 aliphatic heterocycles. The van der Waals surface area contributed by atoms with Crippen LogP contribution < -0.4 is 10.5 Å². The van der Waals surface area contributed by atoms with Crippen LogP contribution in [0.3, 0.4) is 0 Å². The average molecular weight is 342 g/mol. The first-order valence-electron chi connectivity index (χ1n) is 9.18. The average Bonchev–Trinajstić information content (AvgIpc) is 2.64. The fourth-order valence-electron chi connectivity index (χ4n) is 3.37. The normalized spacial score (nSPS) is 15.0. The van der Waals surface area contributed by atoms with E-state index in [0.717, 1.165) is 23.9 Å². The van der Waals surface area contributed by atoms with E-state index in [1.165, 1.54) is 0 Å². The van der Waals surface area contributed by atoms with Crippen LogP contribution >= 0.6 is 0 Å². The second kappa shape index (κ2) is 7.68. The lowest BCUT2D eigenvalue weighted by Crippen LogP contribution is -2.50. The molecule has 0 aliphatic carbocycles. The van der Waals surface area contributed by atoms with E-state index >= 15 is 0 Å². The van der Waals surface area contributed by atoms with Gasteiger partial charge in [0.1, 0.15) is 0 Å². The quantitative estimate of drug-likeness (QED) is 0.836. The maximum absolute atomic E-state index is 13.0. The van der Waals surface area contributed by atoms with Gasteiger partial charge in [-0.1, -0.05) is 26.0 Å². The minimum absolute atomic E-state index is 0.0334. The Morgan fingerprint density at radius 2 is 1.80 bits per heavy atom. The Morgan fingerprint density at radius 1 is 1.08 bits per heavy atom. The minimum Gasteiger partial charge on any atom is -0.348 e. The van der Waals surface area contributed by atoms with Crippen LogP contribution in [0.4, 0.5) is 5.82 Å². The van der Waals surface area contributed by atoms with Gasteiger partial charge >= 0.3 is 0 Å². The first kappa shape index (κ1) is 17.5. The van der Waals surface area contributed by atoms with Crippen molar-refractivity contribution >= 4 is 22.8 Å². The molecule has 0 radical (unpaired) electrons. The van der Waals surface area contributed by atoms with Gasteiger partial charge in [-0.15, -0.1) is 0 Å². The van der Waals surface area contributed by atoms with Gasteiger partial charge in [0.2, 0.25) is 5.91 Å². The second-order valence-electron chi connectivity index (χ2n) is 6.50. The number of hydrogen-bond acceptors (Lipinski definition) is 4. The zero-order valence-corrected chi connectivity index (χ0v) is 15.1. The third-order valence-corrected chi connectivity index (χ3v) is 4.68. The topological polar surface area (TPSA) is 58.4 Å². The highest BCUT2D eigenvalue weighted by Crippen LogP contribution is 2.16. The SMILES string of the molecule is CCCC(=O)N1CCN(c2nc3ccccc3n(CCC)c2=O)CC1. The summed E-state index contributed by atoms with van der Waals surface area (Å²) in [5.74, 6) is 0.715. The van der Waals surface area contributed by atoms with Crippen molar-refractivity contribution < 1.29 is 4.79 Å². The van der Waals surface area contributed by atoms with Crippen molar-refractivity contribution in [1.82, 2.24) is 14.5 Å². The van der Waals surface area contributed by atoms with Gasteiger partial charge in [0.15, 0.2) is 5.82 Å². The summed E-state index contributed by atoms with van der Waals surface area (Å²) in [4.78, 5) is 33.6. The van der Waals surface area contributed by atoms with Crippen molar-refractivity contribution in [3.05, 3.63) is 34.6 Å². The molecule has 0 bridgehead atoms. The molecule has 6 heteroatoms. The van der Waals surface area contributed by atoms with Crippen molar-refractivity contribution in [3.8, 4) is 0 Å². The molecule has 1 aromatic carbocycles. The van der Waals surface area contributed by atoms with Crippen LogP contribution in [0.25, 0.3) is 11.0 Å². The first-order chi connectivity index (χ1) is 12.2. The van der Waals surface area contributed by atoms with Crippen molar-refractivity contribution in [2.45, 2.75) is 39.7 Å². The Balaban J connectivity index is 1.88. The van der Waals surface area contributed by atoms with Gasteiger partial charge in [-0.3, -0.25) is 9.59 Å². The zero-order chi connectivity index (χ0) is 17.8. The molecule has 134 valence electrons. The number of carbonyl (C=O) groups excluding carboxylic acids is 1. The van der Waals surface area contributed by atoms with Gasteiger partial charge in [0.05, 0.1) is 11.0 Å². The largest absolute Gasteiger partial charge is 0.348 e. The summed E-state index contributed by atoms with van der Waals surface area (Å²) >= 11 is 0. The third-order valence-electron chi connectivity index (χ3n) is 4.68. The molecule has 3 rings (SSSR count). The third kappa shape index (κ3) is 3.52. The Hall–Kier alpha value is -2.37. The molecule has 0 N–H and O–H groups in total. The highest BCUT2D eigenvalue weighted by molar-refractivity contribution is 5.77. The number of piperazine rings is 1. The van der Waals surface area contributed by atoms with E-state index in [2.05, 4.69) is 11.9 Å². The van der Waals surface area contributed by atoms with Gasteiger partial charge in [0, 0.05) is 39.1 Å². The fraction of sp³-hybridized carbons (Fsp3) is 0.526. The molecule has 0 atom stereocenters. The molecule has 1 saturated heterocycles. The van der Waals surface area contributed by atoms with Crippen molar-refractivity contribution in [1.29, 1.82) is 0 Å². The van der Waals surface area contributed by atoms with E-state index < -0.39 is 0 Å². The predicted octanol–water partition coefficient (Wildman–Crippen LogP) is 2.26. The number of fused-ring (bicyclic) bond motifs is 1. The Kier molecular flexibility index (Phi) is 5.36. The van der Waals surface area contributed by atoms with E-state index in [1.54, 1.807) is 0 Å². The van der Waals surface area contributed by atoms with E-state index in [0.29, 0.717) is 45.0 Å². The summed E-state index contributed by atoms with van der Waals surface area (Å²) in [6.45, 7) is 7.39. The molecule has 1 amide bonds. The lowest BCUT2D eigenvalue weighted by atomic mass is 10.2. The number of hydrogen-bond donors (Lipinski definition) is 0. The van der Waals surface area contributed by atoms with Gasteiger partial charge in [-0.2, -0.15) is 0 Å². The summed E-state index contributed by atoms with van der Waals surface area (Å²) in [5, 5.41) is 0. The molecule has 25 heavy (non-hydrogen) atoms. The Bertz CT molecular complexity index is 807.